The smallest absolute Gasteiger partial charge is 0.225 e. The van der Waals surface area contributed by atoms with Crippen molar-refractivity contribution in [2.24, 2.45) is 5.92 Å². The summed E-state index contributed by atoms with van der Waals surface area (Å²) in [5.41, 5.74) is 1.34. The minimum absolute atomic E-state index is 0.327. The maximum absolute atomic E-state index is 12.8. The topological polar surface area (TPSA) is 26.8 Å². The van der Waals surface area contributed by atoms with Crippen LogP contribution < -0.4 is 4.90 Å². The predicted octanol–water partition coefficient (Wildman–Crippen LogP) is 2.99. The Bertz CT molecular complexity index is 562. The first-order chi connectivity index (χ1) is 12.3. The maximum atomic E-state index is 12.8. The van der Waals surface area contributed by atoms with E-state index in [1.165, 1.54) is 31.4 Å². The molecule has 3 aliphatic rings. The van der Waals surface area contributed by atoms with Crippen molar-refractivity contribution in [3.05, 3.63) is 30.3 Å². The maximum Gasteiger partial charge on any atom is 0.225 e. The van der Waals surface area contributed by atoms with Crippen LogP contribution >= 0.6 is 0 Å². The van der Waals surface area contributed by atoms with E-state index in [2.05, 4.69) is 45.0 Å². The molecule has 1 saturated carbocycles. The molecule has 0 aromatic heterocycles. The van der Waals surface area contributed by atoms with Crippen LogP contribution in [0.25, 0.3) is 0 Å². The van der Waals surface area contributed by atoms with Gasteiger partial charge in [0, 0.05) is 56.9 Å². The molecule has 2 aliphatic heterocycles. The van der Waals surface area contributed by atoms with Crippen molar-refractivity contribution in [3.63, 3.8) is 0 Å². The lowest BCUT2D eigenvalue weighted by Crippen LogP contribution is -2.56. The number of carbonyl (C=O) groups excluding carboxylic acids is 1. The molecule has 1 aromatic rings. The number of nitrogens with zero attached hydrogens (tertiary/aromatic N) is 3. The number of carbonyl (C=O) groups is 1. The van der Waals surface area contributed by atoms with Crippen molar-refractivity contribution in [2.45, 2.75) is 44.6 Å². The molecule has 1 amide bonds. The monoisotopic (exact) mass is 341 g/mol. The molecule has 2 saturated heterocycles. The molecule has 0 bridgehead atoms. The van der Waals surface area contributed by atoms with Crippen molar-refractivity contribution < 1.29 is 4.79 Å². The summed E-state index contributed by atoms with van der Waals surface area (Å²) in [7, 11) is 0. The number of amides is 1. The van der Waals surface area contributed by atoms with Crippen LogP contribution in [0.3, 0.4) is 0 Å². The third kappa shape index (κ3) is 3.84. The molecule has 4 rings (SSSR count). The zero-order chi connectivity index (χ0) is 17.1. The Hall–Kier alpha value is -1.55. The molecular weight excluding hydrogens is 310 g/mol. The van der Waals surface area contributed by atoms with Crippen molar-refractivity contribution in [3.8, 4) is 0 Å². The highest BCUT2D eigenvalue weighted by Crippen LogP contribution is 2.28. The first kappa shape index (κ1) is 16.9. The van der Waals surface area contributed by atoms with Crippen LogP contribution in [0.5, 0.6) is 0 Å². The summed E-state index contributed by atoms with van der Waals surface area (Å²) in [4.78, 5) is 20.1. The van der Waals surface area contributed by atoms with Gasteiger partial charge in [0.15, 0.2) is 0 Å². The zero-order valence-electron chi connectivity index (χ0n) is 15.3. The largest absolute Gasteiger partial charge is 0.369 e. The van der Waals surface area contributed by atoms with E-state index in [4.69, 9.17) is 0 Å². The van der Waals surface area contributed by atoms with E-state index in [-0.39, 0.29) is 0 Å². The summed E-state index contributed by atoms with van der Waals surface area (Å²) in [6.45, 7) is 6.36. The molecular formula is C21H31N3O. The number of hydrogen-bond acceptors (Lipinski definition) is 3. The van der Waals surface area contributed by atoms with Gasteiger partial charge in [-0.05, 0) is 37.8 Å². The normalized spacial score (nSPS) is 26.2. The van der Waals surface area contributed by atoms with Crippen molar-refractivity contribution >= 4 is 11.6 Å². The number of para-hydroxylation sites is 1. The summed E-state index contributed by atoms with van der Waals surface area (Å²) in [5, 5.41) is 0. The Morgan fingerprint density at radius 2 is 1.56 bits per heavy atom. The Kier molecular flexibility index (Phi) is 5.25. The number of piperazine rings is 1. The zero-order valence-corrected chi connectivity index (χ0v) is 15.3. The van der Waals surface area contributed by atoms with Gasteiger partial charge in [-0.3, -0.25) is 9.69 Å². The van der Waals surface area contributed by atoms with Crippen LogP contribution in [-0.2, 0) is 4.79 Å². The Balaban J connectivity index is 1.31. The second-order valence-corrected chi connectivity index (χ2v) is 7.92. The first-order valence-corrected chi connectivity index (χ1v) is 10.1. The second-order valence-electron chi connectivity index (χ2n) is 7.92. The lowest BCUT2D eigenvalue weighted by Gasteiger charge is -2.44. The van der Waals surface area contributed by atoms with Crippen molar-refractivity contribution in [1.82, 2.24) is 9.80 Å². The number of piperidine rings is 1. The molecule has 1 aliphatic carbocycles. The summed E-state index contributed by atoms with van der Waals surface area (Å²) in [6, 6.07) is 11.3. The van der Waals surface area contributed by atoms with Gasteiger partial charge in [-0.15, -0.1) is 0 Å². The SMILES string of the molecule is O=C(C1CCCC1)N1CCCC(N2CCN(c3ccccc3)CC2)C1. The van der Waals surface area contributed by atoms with Gasteiger partial charge < -0.3 is 9.80 Å². The molecule has 1 unspecified atom stereocenters. The fourth-order valence-electron chi connectivity index (χ4n) is 4.87. The van der Waals surface area contributed by atoms with Gasteiger partial charge in [-0.1, -0.05) is 31.0 Å². The van der Waals surface area contributed by atoms with Gasteiger partial charge in [0.2, 0.25) is 5.91 Å². The highest BCUT2D eigenvalue weighted by atomic mass is 16.2. The van der Waals surface area contributed by atoms with Crippen LogP contribution in [-0.4, -0.2) is 61.0 Å². The predicted molar refractivity (Wildman–Crippen MR) is 102 cm³/mol. The molecule has 3 fully saturated rings. The molecule has 0 spiro atoms. The standard InChI is InChI=1S/C21H31N3O/c25-21(18-7-4-5-8-18)24-12-6-11-20(17-24)23-15-13-22(14-16-23)19-9-2-1-3-10-19/h1-3,9-10,18,20H,4-8,11-17H2. The number of anilines is 1. The van der Waals surface area contributed by atoms with Crippen molar-refractivity contribution in [1.29, 1.82) is 0 Å². The van der Waals surface area contributed by atoms with Crippen LogP contribution in [0.1, 0.15) is 38.5 Å². The van der Waals surface area contributed by atoms with Gasteiger partial charge in [0.05, 0.1) is 0 Å². The van der Waals surface area contributed by atoms with E-state index >= 15 is 0 Å². The van der Waals surface area contributed by atoms with E-state index in [0.717, 1.165) is 52.1 Å². The Morgan fingerprint density at radius 3 is 2.28 bits per heavy atom. The van der Waals surface area contributed by atoms with Crippen LogP contribution in [0.15, 0.2) is 30.3 Å². The number of benzene rings is 1. The molecule has 25 heavy (non-hydrogen) atoms. The number of rotatable bonds is 3. The molecule has 1 atom stereocenters. The van der Waals surface area contributed by atoms with Gasteiger partial charge in [-0.25, -0.2) is 0 Å². The molecule has 136 valence electrons. The van der Waals surface area contributed by atoms with Gasteiger partial charge >= 0.3 is 0 Å². The average molecular weight is 341 g/mol. The summed E-state index contributed by atoms with van der Waals surface area (Å²) in [5.74, 6) is 0.777. The van der Waals surface area contributed by atoms with Gasteiger partial charge in [0.1, 0.15) is 0 Å². The van der Waals surface area contributed by atoms with E-state index in [0.29, 0.717) is 17.9 Å². The van der Waals surface area contributed by atoms with E-state index in [1.54, 1.807) is 0 Å². The highest BCUT2D eigenvalue weighted by Gasteiger charge is 2.33. The first-order valence-electron chi connectivity index (χ1n) is 10.1. The molecule has 1 aromatic carbocycles. The van der Waals surface area contributed by atoms with Crippen LogP contribution in [0, 0.1) is 5.92 Å². The Morgan fingerprint density at radius 1 is 0.840 bits per heavy atom. The lowest BCUT2D eigenvalue weighted by molar-refractivity contribution is -0.137. The summed E-state index contributed by atoms with van der Waals surface area (Å²) < 4.78 is 0. The number of hydrogen-bond donors (Lipinski definition) is 0. The fourth-order valence-corrected chi connectivity index (χ4v) is 4.87. The Labute approximate surface area is 151 Å². The van der Waals surface area contributed by atoms with Gasteiger partial charge in [-0.2, -0.15) is 0 Å². The van der Waals surface area contributed by atoms with E-state index in [9.17, 15) is 4.79 Å². The molecule has 0 radical (unpaired) electrons. The van der Waals surface area contributed by atoms with Crippen LogP contribution in [0.2, 0.25) is 0 Å². The molecule has 4 heteroatoms. The van der Waals surface area contributed by atoms with E-state index < -0.39 is 0 Å². The van der Waals surface area contributed by atoms with Crippen molar-refractivity contribution in [2.75, 3.05) is 44.2 Å². The highest BCUT2D eigenvalue weighted by molar-refractivity contribution is 5.79. The number of likely N-dealkylation sites (tertiary alicyclic amines) is 1. The molecule has 2 heterocycles. The third-order valence-corrected chi connectivity index (χ3v) is 6.36. The average Bonchev–Trinajstić information content (AvgIpc) is 3.23. The quantitative estimate of drug-likeness (QED) is 0.846. The molecule has 4 nitrogen and oxygen atoms in total. The summed E-state index contributed by atoms with van der Waals surface area (Å²) >= 11 is 0. The van der Waals surface area contributed by atoms with Crippen LogP contribution in [0.4, 0.5) is 5.69 Å². The second kappa shape index (κ2) is 7.77. The fraction of sp³-hybridized carbons (Fsp3) is 0.667. The minimum atomic E-state index is 0.327. The van der Waals surface area contributed by atoms with E-state index in [1.807, 2.05) is 0 Å². The lowest BCUT2D eigenvalue weighted by atomic mass is 9.99. The van der Waals surface area contributed by atoms with Gasteiger partial charge in [0.25, 0.3) is 0 Å². The minimum Gasteiger partial charge on any atom is -0.369 e. The molecule has 0 N–H and O–H groups in total. The third-order valence-electron chi connectivity index (χ3n) is 6.36. The summed E-state index contributed by atoms with van der Waals surface area (Å²) in [6.07, 6.45) is 7.15.